The Morgan fingerprint density at radius 3 is 2.79 bits per heavy atom. The molecule has 150 valence electrons. The zero-order valence-corrected chi connectivity index (χ0v) is 16.6. The highest BCUT2D eigenvalue weighted by Crippen LogP contribution is 2.56. The molecule has 3 aromatic rings. The molecule has 0 radical (unpaired) electrons. The van der Waals surface area contributed by atoms with Crippen LogP contribution in [0.1, 0.15) is 35.3 Å². The van der Waals surface area contributed by atoms with Gasteiger partial charge in [0.2, 0.25) is 11.7 Å². The predicted molar refractivity (Wildman–Crippen MR) is 109 cm³/mol. The van der Waals surface area contributed by atoms with Crippen LogP contribution in [0.15, 0.2) is 53.1 Å². The van der Waals surface area contributed by atoms with E-state index >= 15 is 0 Å². The molecule has 1 saturated carbocycles. The second kappa shape index (κ2) is 7.97. The van der Waals surface area contributed by atoms with Gasteiger partial charge in [0.05, 0.1) is 20.3 Å². The third kappa shape index (κ3) is 3.91. The van der Waals surface area contributed by atoms with E-state index in [-0.39, 0.29) is 5.92 Å². The lowest BCUT2D eigenvalue weighted by atomic mass is 10.1. The highest BCUT2D eigenvalue weighted by Gasteiger charge is 2.45. The molecule has 0 unspecified atom stereocenters. The summed E-state index contributed by atoms with van der Waals surface area (Å²) in [5.41, 5.74) is 3.47. The first-order chi connectivity index (χ1) is 14.3. The number of aromatic nitrogens is 2. The fourth-order valence-electron chi connectivity index (χ4n) is 4.11. The molecule has 0 amide bonds. The van der Waals surface area contributed by atoms with Gasteiger partial charge in [-0.15, -0.1) is 0 Å². The minimum absolute atomic E-state index is 0.268. The second-order valence-corrected chi connectivity index (χ2v) is 7.74. The van der Waals surface area contributed by atoms with Crippen molar-refractivity contribution in [3.05, 3.63) is 65.5 Å². The predicted octanol–water partition coefficient (Wildman–Crippen LogP) is 3.85. The molecule has 2 atom stereocenters. The van der Waals surface area contributed by atoms with Gasteiger partial charge in [0, 0.05) is 31.1 Å². The number of methoxy groups -OCH3 is 1. The molecule has 0 bridgehead atoms. The van der Waals surface area contributed by atoms with Crippen molar-refractivity contribution in [3.63, 3.8) is 0 Å². The fraction of sp³-hybridized carbons (Fsp3) is 0.391. The van der Waals surface area contributed by atoms with E-state index in [0.717, 1.165) is 56.5 Å². The summed E-state index contributed by atoms with van der Waals surface area (Å²) in [5.74, 6) is 2.95. The molecule has 1 aromatic heterocycles. The molecule has 29 heavy (non-hydrogen) atoms. The second-order valence-electron chi connectivity index (χ2n) is 7.74. The molecule has 1 saturated heterocycles. The monoisotopic (exact) mass is 391 g/mol. The van der Waals surface area contributed by atoms with Gasteiger partial charge in [-0.05, 0) is 35.6 Å². The molecule has 2 aliphatic rings. The van der Waals surface area contributed by atoms with Gasteiger partial charge < -0.3 is 14.0 Å². The lowest BCUT2D eigenvalue weighted by Crippen LogP contribution is -2.35. The molecule has 6 heteroatoms. The van der Waals surface area contributed by atoms with E-state index in [0.29, 0.717) is 11.7 Å². The molecule has 2 fully saturated rings. The van der Waals surface area contributed by atoms with Crippen LogP contribution in [0.3, 0.4) is 0 Å². The first kappa shape index (κ1) is 18.3. The van der Waals surface area contributed by atoms with Gasteiger partial charge in [-0.1, -0.05) is 41.6 Å². The van der Waals surface area contributed by atoms with Gasteiger partial charge >= 0.3 is 0 Å². The van der Waals surface area contributed by atoms with Gasteiger partial charge in [0.25, 0.3) is 0 Å². The van der Waals surface area contributed by atoms with Crippen molar-refractivity contribution in [2.45, 2.75) is 24.8 Å². The molecular weight excluding hydrogens is 366 g/mol. The number of morpholine rings is 1. The number of ether oxygens (including phenoxy) is 2. The van der Waals surface area contributed by atoms with Crippen molar-refractivity contribution < 1.29 is 14.0 Å². The molecule has 1 aliphatic heterocycles. The van der Waals surface area contributed by atoms with Gasteiger partial charge in [-0.2, -0.15) is 4.98 Å². The maximum atomic E-state index is 5.63. The average Bonchev–Trinajstić information content (AvgIpc) is 3.42. The van der Waals surface area contributed by atoms with Crippen LogP contribution in [-0.4, -0.2) is 48.5 Å². The standard InChI is InChI=1S/C23H25N3O3/c1-27-21-8-3-2-7-18(21)19-14-20(19)23-24-22(25-29-23)17-6-4-5-16(13-17)15-26-9-11-28-12-10-26/h2-8,13,19-20H,9-12,14-15H2,1H3/t19-,20+/m0/s1. The van der Waals surface area contributed by atoms with Crippen LogP contribution in [0, 0.1) is 0 Å². The van der Waals surface area contributed by atoms with Gasteiger partial charge in [-0.3, -0.25) is 4.90 Å². The summed E-state index contributed by atoms with van der Waals surface area (Å²) >= 11 is 0. The quantitative estimate of drug-likeness (QED) is 0.636. The average molecular weight is 391 g/mol. The number of benzene rings is 2. The molecule has 2 aromatic carbocycles. The molecule has 0 spiro atoms. The lowest BCUT2D eigenvalue weighted by Gasteiger charge is -2.26. The highest BCUT2D eigenvalue weighted by atomic mass is 16.5. The largest absolute Gasteiger partial charge is 0.496 e. The minimum atomic E-state index is 0.268. The van der Waals surface area contributed by atoms with E-state index in [1.807, 2.05) is 24.3 Å². The molecule has 2 heterocycles. The number of rotatable bonds is 6. The summed E-state index contributed by atoms with van der Waals surface area (Å²) in [6.07, 6.45) is 1.01. The summed E-state index contributed by atoms with van der Waals surface area (Å²) in [6.45, 7) is 4.48. The topological polar surface area (TPSA) is 60.6 Å². The van der Waals surface area contributed by atoms with Crippen LogP contribution in [0.25, 0.3) is 11.4 Å². The van der Waals surface area contributed by atoms with Gasteiger partial charge in [0.15, 0.2) is 0 Å². The Bertz CT molecular complexity index is 981. The van der Waals surface area contributed by atoms with Crippen molar-refractivity contribution >= 4 is 0 Å². The summed E-state index contributed by atoms with van der Waals surface area (Å²) in [6, 6.07) is 16.6. The Hall–Kier alpha value is -2.70. The smallest absolute Gasteiger partial charge is 0.230 e. The first-order valence-electron chi connectivity index (χ1n) is 10.2. The third-order valence-corrected chi connectivity index (χ3v) is 5.78. The van der Waals surface area contributed by atoms with Crippen molar-refractivity contribution in [2.24, 2.45) is 0 Å². The number of hydrogen-bond acceptors (Lipinski definition) is 6. The molecular formula is C23H25N3O3. The summed E-state index contributed by atoms with van der Waals surface area (Å²) in [4.78, 5) is 7.12. The summed E-state index contributed by atoms with van der Waals surface area (Å²) < 4.78 is 16.6. The van der Waals surface area contributed by atoms with Crippen LogP contribution in [0.5, 0.6) is 5.75 Å². The zero-order chi connectivity index (χ0) is 19.6. The van der Waals surface area contributed by atoms with E-state index in [1.54, 1.807) is 7.11 Å². The van der Waals surface area contributed by atoms with Crippen LogP contribution in [-0.2, 0) is 11.3 Å². The maximum absolute atomic E-state index is 5.63. The number of hydrogen-bond donors (Lipinski definition) is 0. The van der Waals surface area contributed by atoms with E-state index < -0.39 is 0 Å². The summed E-state index contributed by atoms with van der Waals surface area (Å²) in [5, 5.41) is 4.26. The Labute approximate surface area is 170 Å². The van der Waals surface area contributed by atoms with Crippen molar-refractivity contribution in [1.82, 2.24) is 15.0 Å². The Kier molecular flexibility index (Phi) is 5.04. The highest BCUT2D eigenvalue weighted by molar-refractivity contribution is 5.55. The fourth-order valence-corrected chi connectivity index (χ4v) is 4.11. The van der Waals surface area contributed by atoms with Crippen molar-refractivity contribution in [2.75, 3.05) is 33.4 Å². The van der Waals surface area contributed by atoms with E-state index in [2.05, 4.69) is 34.3 Å². The SMILES string of the molecule is COc1ccccc1[C@@H]1C[C@H]1c1nc(-c2cccc(CN3CCOCC3)c2)no1. The Morgan fingerprint density at radius 1 is 1.07 bits per heavy atom. The third-order valence-electron chi connectivity index (χ3n) is 5.78. The Balaban J connectivity index is 1.30. The van der Waals surface area contributed by atoms with E-state index in [1.165, 1.54) is 11.1 Å². The molecule has 1 aliphatic carbocycles. The van der Waals surface area contributed by atoms with Crippen molar-refractivity contribution in [3.8, 4) is 17.1 Å². The van der Waals surface area contributed by atoms with E-state index in [9.17, 15) is 0 Å². The number of para-hydroxylation sites is 1. The maximum Gasteiger partial charge on any atom is 0.230 e. The van der Waals surface area contributed by atoms with Crippen LogP contribution in [0.4, 0.5) is 0 Å². The molecule has 5 rings (SSSR count). The molecule has 0 N–H and O–H groups in total. The van der Waals surface area contributed by atoms with Gasteiger partial charge in [-0.25, -0.2) is 0 Å². The van der Waals surface area contributed by atoms with E-state index in [4.69, 9.17) is 19.0 Å². The zero-order valence-electron chi connectivity index (χ0n) is 16.6. The number of nitrogens with zero attached hydrogens (tertiary/aromatic N) is 3. The van der Waals surface area contributed by atoms with Crippen LogP contribution >= 0.6 is 0 Å². The van der Waals surface area contributed by atoms with Crippen molar-refractivity contribution in [1.29, 1.82) is 0 Å². The lowest BCUT2D eigenvalue weighted by molar-refractivity contribution is 0.0342. The van der Waals surface area contributed by atoms with Crippen LogP contribution < -0.4 is 4.74 Å². The minimum Gasteiger partial charge on any atom is -0.496 e. The Morgan fingerprint density at radius 2 is 1.93 bits per heavy atom. The summed E-state index contributed by atoms with van der Waals surface area (Å²) in [7, 11) is 1.71. The van der Waals surface area contributed by atoms with Crippen LogP contribution in [0.2, 0.25) is 0 Å². The first-order valence-corrected chi connectivity index (χ1v) is 10.2. The molecule has 6 nitrogen and oxygen atoms in total. The van der Waals surface area contributed by atoms with Gasteiger partial charge in [0.1, 0.15) is 5.75 Å². The normalized spacial score (nSPS) is 21.8.